The zero-order chi connectivity index (χ0) is 26.6. The zero-order valence-electron chi connectivity index (χ0n) is 22.0. The van der Waals surface area contributed by atoms with E-state index in [1.54, 1.807) is 67.5 Å². The highest BCUT2D eigenvalue weighted by atomic mass is 16.5. The molecule has 2 aliphatic rings. The van der Waals surface area contributed by atoms with Gasteiger partial charge in [0.2, 0.25) is 0 Å². The van der Waals surface area contributed by atoms with Gasteiger partial charge in [0, 0.05) is 10.4 Å². The molecule has 2 aliphatic heterocycles. The molecule has 3 aromatic rings. The number of benzene rings is 3. The van der Waals surface area contributed by atoms with E-state index < -0.39 is 22.2 Å². The van der Waals surface area contributed by atoms with Crippen LogP contribution in [0.5, 0.6) is 0 Å². The fraction of sp³-hybridized carbons (Fsp3) is 0.429. The van der Waals surface area contributed by atoms with Gasteiger partial charge in [0.25, 0.3) is 0 Å². The lowest BCUT2D eigenvalue weighted by atomic mass is 9.84. The van der Waals surface area contributed by atoms with Crippen LogP contribution in [0.25, 0.3) is 21.5 Å². The molecule has 0 spiro atoms. The minimum atomic E-state index is -0.897. The zero-order valence-corrected chi connectivity index (χ0v) is 22.0. The van der Waals surface area contributed by atoms with E-state index in [1.165, 1.54) is 0 Å². The van der Waals surface area contributed by atoms with Crippen LogP contribution < -0.4 is 0 Å². The van der Waals surface area contributed by atoms with Crippen molar-refractivity contribution in [2.75, 3.05) is 0 Å². The van der Waals surface area contributed by atoms with E-state index in [4.69, 9.17) is 0 Å². The summed E-state index contributed by atoms with van der Waals surface area (Å²) >= 11 is 0. The number of hydrogen-bond donors (Lipinski definition) is 0. The average molecular weight is 489 g/mol. The molecule has 2 heterocycles. The summed E-state index contributed by atoms with van der Waals surface area (Å²) in [4.78, 5) is 0. The van der Waals surface area contributed by atoms with Gasteiger partial charge in [-0.3, -0.25) is 9.48 Å². The van der Waals surface area contributed by atoms with E-state index >= 15 is 0 Å². The first-order valence-corrected chi connectivity index (χ1v) is 12.1. The lowest BCUT2D eigenvalue weighted by Gasteiger charge is -2.32. The maximum absolute atomic E-state index is 13.1. The summed E-state index contributed by atoms with van der Waals surface area (Å²) in [7, 11) is 0. The number of nitrogens with zero attached hydrogens (tertiary/aromatic N) is 4. The van der Waals surface area contributed by atoms with Crippen LogP contribution in [0.4, 0.5) is 0 Å². The quantitative estimate of drug-likeness (QED) is 0.290. The third-order valence-corrected chi connectivity index (χ3v) is 9.11. The molecule has 36 heavy (non-hydrogen) atoms. The first-order valence-electron chi connectivity index (χ1n) is 12.1. The van der Waals surface area contributed by atoms with Gasteiger partial charge in [-0.2, -0.15) is 0 Å². The molecule has 2 radical (unpaired) electrons. The van der Waals surface area contributed by atoms with E-state index in [0.29, 0.717) is 11.1 Å². The predicted molar refractivity (Wildman–Crippen MR) is 138 cm³/mol. The minimum absolute atomic E-state index is 0.0933. The Kier molecular flexibility index (Phi) is 4.81. The smallest absolute Gasteiger partial charge is 0.316 e. The van der Waals surface area contributed by atoms with Crippen LogP contribution in [0.15, 0.2) is 48.5 Å². The van der Waals surface area contributed by atoms with Crippen molar-refractivity contribution >= 4 is 33.2 Å². The van der Waals surface area contributed by atoms with Crippen molar-refractivity contribution in [2.45, 2.75) is 77.5 Å². The fourth-order valence-electron chi connectivity index (χ4n) is 4.96. The molecule has 3 aromatic carbocycles. The lowest BCUT2D eigenvalue weighted by Crippen LogP contribution is -2.53. The van der Waals surface area contributed by atoms with Gasteiger partial charge in [0.1, 0.15) is 11.1 Å². The molecule has 0 aromatic heterocycles. The van der Waals surface area contributed by atoms with Crippen LogP contribution in [-0.2, 0) is 10.4 Å². The molecular formula is C28H32N4O4. The predicted octanol–water partition coefficient (Wildman–Crippen LogP) is 4.94. The highest BCUT2D eigenvalue weighted by Crippen LogP contribution is 2.39. The highest BCUT2D eigenvalue weighted by molar-refractivity contribution is 6.06. The molecular weight excluding hydrogens is 456 g/mol. The van der Waals surface area contributed by atoms with Gasteiger partial charge >= 0.3 is 11.7 Å². The van der Waals surface area contributed by atoms with Crippen LogP contribution in [0.2, 0.25) is 0 Å². The molecule has 0 unspecified atom stereocenters. The van der Waals surface area contributed by atoms with Crippen molar-refractivity contribution < 1.29 is 19.9 Å². The molecule has 0 bridgehead atoms. The second kappa shape index (κ2) is 7.11. The summed E-state index contributed by atoms with van der Waals surface area (Å²) in [6.07, 6.45) is 0. The Morgan fingerprint density at radius 1 is 0.556 bits per heavy atom. The van der Waals surface area contributed by atoms with Gasteiger partial charge < -0.3 is 10.4 Å². The second-order valence-corrected chi connectivity index (χ2v) is 12.0. The summed E-state index contributed by atoms with van der Waals surface area (Å²) < 4.78 is 1.62. The average Bonchev–Trinajstić information content (AvgIpc) is 3.00. The van der Waals surface area contributed by atoms with Gasteiger partial charge in [-0.1, -0.05) is 22.3 Å². The molecule has 0 fully saturated rings. The van der Waals surface area contributed by atoms with E-state index in [1.807, 2.05) is 36.4 Å². The van der Waals surface area contributed by atoms with Crippen molar-refractivity contribution in [2.24, 2.45) is 0 Å². The van der Waals surface area contributed by atoms with Crippen LogP contribution >= 0.6 is 0 Å². The first kappa shape index (κ1) is 24.3. The lowest BCUT2D eigenvalue weighted by molar-refractivity contribution is -0.539. The summed E-state index contributed by atoms with van der Waals surface area (Å²) in [5, 5.41) is 57.7. The Morgan fingerprint density at radius 2 is 0.889 bits per heavy atom. The molecule has 0 aliphatic carbocycles. The van der Waals surface area contributed by atoms with Crippen molar-refractivity contribution in [3.8, 4) is 0 Å². The summed E-state index contributed by atoms with van der Waals surface area (Å²) in [5.74, 6) is 0.187. The maximum atomic E-state index is 13.1. The number of amidine groups is 2. The Hall–Kier alpha value is -3.36. The monoisotopic (exact) mass is 488 g/mol. The Bertz CT molecular complexity index is 1390. The molecule has 0 saturated heterocycles. The molecule has 8 nitrogen and oxygen atoms in total. The van der Waals surface area contributed by atoms with E-state index in [-0.39, 0.29) is 11.7 Å². The second-order valence-electron chi connectivity index (χ2n) is 12.0. The maximum Gasteiger partial charge on any atom is 0.316 e. The summed E-state index contributed by atoms with van der Waals surface area (Å²) in [6.45, 7) is 14.2. The van der Waals surface area contributed by atoms with Crippen LogP contribution in [0.3, 0.4) is 0 Å². The third kappa shape index (κ3) is 2.88. The summed E-state index contributed by atoms with van der Waals surface area (Å²) in [5.41, 5.74) is -2.49. The SMILES string of the molecule is CC1(C)N([O])C(c2ccc3cc4ccc(C5=[N+]([O-])C(C)(C)C(C)(C)N5[O])cc4cc3c2)=[N+]([O-])C1(C)C. The van der Waals surface area contributed by atoms with E-state index in [0.717, 1.165) is 41.1 Å². The van der Waals surface area contributed by atoms with E-state index in [2.05, 4.69) is 0 Å². The van der Waals surface area contributed by atoms with Crippen LogP contribution in [0.1, 0.15) is 66.5 Å². The van der Waals surface area contributed by atoms with Crippen molar-refractivity contribution in [1.29, 1.82) is 0 Å². The Morgan fingerprint density at radius 3 is 1.19 bits per heavy atom. The van der Waals surface area contributed by atoms with Crippen LogP contribution in [0, 0.1) is 10.4 Å². The van der Waals surface area contributed by atoms with Crippen LogP contribution in [-0.4, -0.2) is 53.4 Å². The number of hydroxylamine groups is 6. The number of hydrogen-bond acceptors (Lipinski definition) is 4. The number of fused-ring (bicyclic) bond motifs is 2. The normalized spacial score (nSPS) is 22.4. The van der Waals surface area contributed by atoms with Gasteiger partial charge in [-0.25, -0.2) is 0 Å². The number of rotatable bonds is 2. The molecule has 5 rings (SSSR count). The van der Waals surface area contributed by atoms with Crippen molar-refractivity contribution in [3.63, 3.8) is 0 Å². The van der Waals surface area contributed by atoms with Crippen molar-refractivity contribution in [3.05, 3.63) is 70.1 Å². The van der Waals surface area contributed by atoms with Gasteiger partial charge in [-0.05, 0) is 113 Å². The molecule has 0 atom stereocenters. The molecule has 0 amide bonds. The largest absolute Gasteiger partial charge is 0.714 e. The fourth-order valence-corrected chi connectivity index (χ4v) is 4.96. The molecule has 8 heteroatoms. The standard InChI is InChI=1S/C28H32N4O4/c1-25(2)26(3,4)30(34)23(29(25)33)19-11-9-17-13-18-10-12-20(15-22(18)16-21(17)14-19)24-31(35)27(5,6)28(7,8)32(24)36/h9-16H,1-8H3. The third-order valence-electron chi connectivity index (χ3n) is 9.11. The molecule has 188 valence electrons. The highest BCUT2D eigenvalue weighted by Gasteiger charge is 2.61. The van der Waals surface area contributed by atoms with Gasteiger partial charge in [0.15, 0.2) is 11.1 Å². The van der Waals surface area contributed by atoms with Gasteiger partial charge in [-0.15, -0.1) is 0 Å². The summed E-state index contributed by atoms with van der Waals surface area (Å²) in [6, 6.07) is 15.1. The molecule has 0 N–H and O–H groups in total. The Balaban J connectivity index is 1.65. The first-order chi connectivity index (χ1) is 16.5. The minimum Gasteiger partial charge on any atom is -0.714 e. The Labute approximate surface area is 211 Å². The van der Waals surface area contributed by atoms with Gasteiger partial charge in [0.05, 0.1) is 11.1 Å². The van der Waals surface area contributed by atoms with Crippen molar-refractivity contribution in [1.82, 2.24) is 10.1 Å². The van der Waals surface area contributed by atoms with E-state index in [9.17, 15) is 20.8 Å². The topological polar surface area (TPSA) is 98.4 Å². The molecule has 0 saturated carbocycles.